The molecule has 2 amide bonds. The van der Waals surface area contributed by atoms with Crippen molar-refractivity contribution in [3.8, 4) is 0 Å². The maximum absolute atomic E-state index is 12.6. The van der Waals surface area contributed by atoms with E-state index >= 15 is 0 Å². The van der Waals surface area contributed by atoms with E-state index in [0.29, 0.717) is 13.1 Å². The quantitative estimate of drug-likeness (QED) is 0.902. The van der Waals surface area contributed by atoms with E-state index in [9.17, 15) is 4.79 Å². The first-order valence-electron chi connectivity index (χ1n) is 9.25. The van der Waals surface area contributed by atoms with Crippen LogP contribution in [0.5, 0.6) is 0 Å². The molecule has 7 heteroatoms. The molecule has 0 radical (unpaired) electrons. The zero-order valence-electron chi connectivity index (χ0n) is 16.8. The second-order valence-electron chi connectivity index (χ2n) is 7.18. The predicted molar refractivity (Wildman–Crippen MR) is 110 cm³/mol. The molecule has 0 saturated carbocycles. The molecule has 1 aromatic heterocycles. The number of aryl methyl sites for hydroxylation is 2. The molecule has 0 spiro atoms. The summed E-state index contributed by atoms with van der Waals surface area (Å²) in [7, 11) is 3.95. The number of hydrogen-bond donors (Lipinski definition) is 1. The molecule has 1 saturated heterocycles. The van der Waals surface area contributed by atoms with Gasteiger partial charge in [-0.1, -0.05) is 12.1 Å². The molecule has 2 heterocycles. The minimum Gasteiger partial charge on any atom is -0.363 e. The average Bonchev–Trinajstić information content (AvgIpc) is 2.65. The number of carbonyl (C=O) groups excluding carboxylic acids is 1. The van der Waals surface area contributed by atoms with Crippen molar-refractivity contribution in [2.45, 2.75) is 20.8 Å². The van der Waals surface area contributed by atoms with Crippen LogP contribution in [-0.4, -0.2) is 61.2 Å². The van der Waals surface area contributed by atoms with E-state index in [1.807, 2.05) is 55.9 Å². The monoisotopic (exact) mass is 368 g/mol. The second-order valence-corrected chi connectivity index (χ2v) is 7.18. The molecule has 7 nitrogen and oxygen atoms in total. The Kier molecular flexibility index (Phi) is 5.48. The normalized spacial score (nSPS) is 14.3. The fourth-order valence-electron chi connectivity index (χ4n) is 3.15. The van der Waals surface area contributed by atoms with Gasteiger partial charge in [0.1, 0.15) is 17.5 Å². The zero-order valence-corrected chi connectivity index (χ0v) is 16.8. The van der Waals surface area contributed by atoms with E-state index in [2.05, 4.69) is 33.2 Å². The molecule has 0 unspecified atom stereocenters. The van der Waals surface area contributed by atoms with Gasteiger partial charge in [-0.3, -0.25) is 0 Å². The molecule has 1 fully saturated rings. The summed E-state index contributed by atoms with van der Waals surface area (Å²) in [6.07, 6.45) is 0. The molecule has 1 aliphatic rings. The lowest BCUT2D eigenvalue weighted by Crippen LogP contribution is -2.50. The minimum absolute atomic E-state index is 0.0452. The van der Waals surface area contributed by atoms with Gasteiger partial charge in [0, 0.05) is 52.0 Å². The van der Waals surface area contributed by atoms with Crippen LogP contribution < -0.4 is 15.1 Å². The SMILES string of the molecule is Cc1nc(N(C)C)cc(N2CCN(C(=O)Nc3cccc(C)c3C)CC2)n1. The smallest absolute Gasteiger partial charge is 0.321 e. The standard InChI is InChI=1S/C20H28N6O/c1-14-7-6-8-17(15(14)2)23-20(27)26-11-9-25(10-12-26)19-13-18(24(4)5)21-16(3)22-19/h6-8,13H,9-12H2,1-5H3,(H,23,27). The van der Waals surface area contributed by atoms with Gasteiger partial charge in [-0.15, -0.1) is 0 Å². The number of piperazine rings is 1. The molecule has 1 aliphatic heterocycles. The number of carbonyl (C=O) groups is 1. The van der Waals surface area contributed by atoms with Crippen LogP contribution in [-0.2, 0) is 0 Å². The maximum atomic E-state index is 12.6. The van der Waals surface area contributed by atoms with Crippen molar-refractivity contribution in [2.24, 2.45) is 0 Å². The first-order chi connectivity index (χ1) is 12.8. The third-order valence-corrected chi connectivity index (χ3v) is 5.01. The van der Waals surface area contributed by atoms with E-state index in [4.69, 9.17) is 0 Å². The Morgan fingerprint density at radius 2 is 1.78 bits per heavy atom. The molecule has 1 aromatic carbocycles. The van der Waals surface area contributed by atoms with Gasteiger partial charge in [0.2, 0.25) is 0 Å². The van der Waals surface area contributed by atoms with E-state index in [1.54, 1.807) is 0 Å². The topological polar surface area (TPSA) is 64.6 Å². The summed E-state index contributed by atoms with van der Waals surface area (Å²) in [5.41, 5.74) is 3.16. The summed E-state index contributed by atoms with van der Waals surface area (Å²) in [4.78, 5) is 27.7. The van der Waals surface area contributed by atoms with Gasteiger partial charge in [-0.05, 0) is 38.0 Å². The average molecular weight is 368 g/mol. The molecular weight excluding hydrogens is 340 g/mol. The number of rotatable bonds is 3. The molecule has 2 aromatic rings. The van der Waals surface area contributed by atoms with Crippen molar-refractivity contribution in [3.63, 3.8) is 0 Å². The van der Waals surface area contributed by atoms with Gasteiger partial charge < -0.3 is 20.0 Å². The molecule has 0 atom stereocenters. The fraction of sp³-hybridized carbons (Fsp3) is 0.450. The Morgan fingerprint density at radius 1 is 1.07 bits per heavy atom. The summed E-state index contributed by atoms with van der Waals surface area (Å²) >= 11 is 0. The van der Waals surface area contributed by atoms with Gasteiger partial charge in [-0.2, -0.15) is 0 Å². The Balaban J connectivity index is 1.63. The Labute approximate surface area is 161 Å². The number of nitrogens with one attached hydrogen (secondary N) is 1. The third-order valence-electron chi connectivity index (χ3n) is 5.01. The van der Waals surface area contributed by atoms with Crippen LogP contribution in [0.25, 0.3) is 0 Å². The summed E-state index contributed by atoms with van der Waals surface area (Å²) < 4.78 is 0. The van der Waals surface area contributed by atoms with Gasteiger partial charge in [0.15, 0.2) is 0 Å². The van der Waals surface area contributed by atoms with Gasteiger partial charge in [0.25, 0.3) is 0 Å². The molecule has 0 aliphatic carbocycles. The number of hydrogen-bond acceptors (Lipinski definition) is 5. The van der Waals surface area contributed by atoms with Crippen molar-refractivity contribution in [3.05, 3.63) is 41.2 Å². The van der Waals surface area contributed by atoms with Crippen LogP contribution in [0.3, 0.4) is 0 Å². The van der Waals surface area contributed by atoms with E-state index < -0.39 is 0 Å². The van der Waals surface area contributed by atoms with Crippen molar-refractivity contribution < 1.29 is 4.79 Å². The zero-order chi connectivity index (χ0) is 19.6. The van der Waals surface area contributed by atoms with E-state index in [-0.39, 0.29) is 6.03 Å². The highest BCUT2D eigenvalue weighted by Gasteiger charge is 2.23. The highest BCUT2D eigenvalue weighted by molar-refractivity contribution is 5.90. The summed E-state index contributed by atoms with van der Waals surface area (Å²) in [6, 6.07) is 7.92. The minimum atomic E-state index is -0.0452. The maximum Gasteiger partial charge on any atom is 0.321 e. The largest absolute Gasteiger partial charge is 0.363 e. The highest BCUT2D eigenvalue weighted by atomic mass is 16.2. The summed E-state index contributed by atoms with van der Waals surface area (Å²) in [5.74, 6) is 2.57. The first kappa shape index (κ1) is 18.9. The number of nitrogens with zero attached hydrogens (tertiary/aromatic N) is 5. The van der Waals surface area contributed by atoms with Gasteiger partial charge in [0.05, 0.1) is 0 Å². The molecular formula is C20H28N6O. The number of benzene rings is 1. The van der Waals surface area contributed by atoms with Gasteiger partial charge in [-0.25, -0.2) is 14.8 Å². The number of anilines is 3. The summed E-state index contributed by atoms with van der Waals surface area (Å²) in [6.45, 7) is 8.82. The van der Waals surface area contributed by atoms with Crippen LogP contribution >= 0.6 is 0 Å². The van der Waals surface area contributed by atoms with Crippen LogP contribution in [0.1, 0.15) is 17.0 Å². The Morgan fingerprint density at radius 3 is 2.44 bits per heavy atom. The summed E-state index contributed by atoms with van der Waals surface area (Å²) in [5, 5.41) is 3.04. The Bertz CT molecular complexity index is 827. The van der Waals surface area contributed by atoms with Crippen LogP contribution in [0.2, 0.25) is 0 Å². The fourth-order valence-corrected chi connectivity index (χ4v) is 3.15. The van der Waals surface area contributed by atoms with Gasteiger partial charge >= 0.3 is 6.03 Å². The lowest BCUT2D eigenvalue weighted by molar-refractivity contribution is 0.208. The van der Waals surface area contributed by atoms with Crippen molar-refractivity contribution >= 4 is 23.4 Å². The van der Waals surface area contributed by atoms with Crippen molar-refractivity contribution in [2.75, 3.05) is 55.4 Å². The second kappa shape index (κ2) is 7.82. The Hall–Kier alpha value is -2.83. The first-order valence-corrected chi connectivity index (χ1v) is 9.25. The molecule has 3 rings (SSSR count). The lowest BCUT2D eigenvalue weighted by Gasteiger charge is -2.35. The predicted octanol–water partition coefficient (Wildman–Crippen LogP) is 2.82. The van der Waals surface area contributed by atoms with Crippen LogP contribution in [0, 0.1) is 20.8 Å². The molecule has 1 N–H and O–H groups in total. The van der Waals surface area contributed by atoms with E-state index in [1.165, 1.54) is 5.56 Å². The molecule has 144 valence electrons. The number of urea groups is 1. The lowest BCUT2D eigenvalue weighted by atomic mass is 10.1. The highest BCUT2D eigenvalue weighted by Crippen LogP contribution is 2.21. The van der Waals surface area contributed by atoms with E-state index in [0.717, 1.165) is 41.8 Å². The third kappa shape index (κ3) is 4.30. The molecule has 0 bridgehead atoms. The van der Waals surface area contributed by atoms with Crippen LogP contribution in [0.15, 0.2) is 24.3 Å². The number of aromatic nitrogens is 2. The molecule has 27 heavy (non-hydrogen) atoms. The van der Waals surface area contributed by atoms with Crippen molar-refractivity contribution in [1.29, 1.82) is 0 Å². The number of amides is 2. The van der Waals surface area contributed by atoms with Crippen molar-refractivity contribution in [1.82, 2.24) is 14.9 Å². The van der Waals surface area contributed by atoms with Crippen LogP contribution in [0.4, 0.5) is 22.1 Å².